The van der Waals surface area contributed by atoms with Crippen molar-refractivity contribution in [2.75, 3.05) is 7.11 Å². The number of hydrogen-bond donors (Lipinski definition) is 0. The summed E-state index contributed by atoms with van der Waals surface area (Å²) in [4.78, 5) is 21.8. The number of benzene rings is 1. The fourth-order valence-corrected chi connectivity index (χ4v) is 1.26. The number of halogens is 1. The molecule has 15 heavy (non-hydrogen) atoms. The Morgan fingerprint density at radius 3 is 2.73 bits per heavy atom. The Labute approximate surface area is 91.0 Å². The first-order valence-corrected chi connectivity index (χ1v) is 4.29. The largest absolute Gasteiger partial charge is 0.465 e. The molecule has 0 saturated heterocycles. The maximum Gasteiger partial charge on any atom is 0.339 e. The van der Waals surface area contributed by atoms with Crippen molar-refractivity contribution in [1.82, 2.24) is 0 Å². The number of nitriles is 1. The number of aldehydes is 1. The van der Waals surface area contributed by atoms with Gasteiger partial charge in [0.05, 0.1) is 23.3 Å². The van der Waals surface area contributed by atoms with Crippen molar-refractivity contribution in [2.24, 2.45) is 0 Å². The lowest BCUT2D eigenvalue weighted by atomic mass is 10.1. The van der Waals surface area contributed by atoms with Gasteiger partial charge in [-0.05, 0) is 12.1 Å². The maximum absolute atomic E-state index is 11.2. The van der Waals surface area contributed by atoms with Crippen LogP contribution in [-0.2, 0) is 4.74 Å². The van der Waals surface area contributed by atoms with E-state index >= 15 is 0 Å². The number of esters is 1. The molecule has 0 aliphatic rings. The highest BCUT2D eigenvalue weighted by Gasteiger charge is 2.14. The van der Waals surface area contributed by atoms with Gasteiger partial charge in [0.15, 0.2) is 6.29 Å². The molecule has 0 amide bonds. The Hall–Kier alpha value is -1.86. The van der Waals surface area contributed by atoms with E-state index in [1.165, 1.54) is 19.2 Å². The average molecular weight is 224 g/mol. The fourth-order valence-electron chi connectivity index (χ4n) is 1.05. The molecule has 0 bridgehead atoms. The van der Waals surface area contributed by atoms with Crippen LogP contribution in [0.5, 0.6) is 0 Å². The highest BCUT2D eigenvalue weighted by atomic mass is 35.5. The standard InChI is InChI=1S/C10H6ClNO3/c1-15-10(14)8-2-7(5-13)9(11)3-6(8)4-12/h2-3,5H,1H3. The van der Waals surface area contributed by atoms with Crippen LogP contribution >= 0.6 is 11.6 Å². The minimum atomic E-state index is -0.675. The SMILES string of the molecule is COC(=O)c1cc(C=O)c(Cl)cc1C#N. The third-order valence-corrected chi connectivity index (χ3v) is 2.12. The van der Waals surface area contributed by atoms with Crippen LogP contribution in [-0.4, -0.2) is 19.4 Å². The quantitative estimate of drug-likeness (QED) is 0.567. The molecule has 5 heteroatoms. The number of ether oxygens (including phenoxy) is 1. The van der Waals surface area contributed by atoms with Crippen molar-refractivity contribution < 1.29 is 14.3 Å². The van der Waals surface area contributed by atoms with Gasteiger partial charge < -0.3 is 4.74 Å². The second-order valence-electron chi connectivity index (χ2n) is 2.64. The van der Waals surface area contributed by atoms with E-state index < -0.39 is 5.97 Å². The Morgan fingerprint density at radius 2 is 2.27 bits per heavy atom. The Balaban J connectivity index is 3.43. The van der Waals surface area contributed by atoms with Gasteiger partial charge in [0.25, 0.3) is 0 Å². The van der Waals surface area contributed by atoms with E-state index in [4.69, 9.17) is 16.9 Å². The van der Waals surface area contributed by atoms with E-state index in [0.717, 1.165) is 0 Å². The first kappa shape index (κ1) is 11.2. The van der Waals surface area contributed by atoms with Crippen molar-refractivity contribution in [2.45, 2.75) is 0 Å². The van der Waals surface area contributed by atoms with Gasteiger partial charge in [-0.3, -0.25) is 4.79 Å². The first-order valence-electron chi connectivity index (χ1n) is 3.91. The third-order valence-electron chi connectivity index (χ3n) is 1.79. The van der Waals surface area contributed by atoms with Gasteiger partial charge in [0.1, 0.15) is 6.07 Å². The number of carbonyl (C=O) groups is 2. The van der Waals surface area contributed by atoms with Crippen molar-refractivity contribution in [3.63, 3.8) is 0 Å². The number of methoxy groups -OCH3 is 1. The molecule has 1 aromatic rings. The predicted octanol–water partition coefficient (Wildman–Crippen LogP) is 1.81. The summed E-state index contributed by atoms with van der Waals surface area (Å²) in [6.07, 6.45) is 0.510. The van der Waals surface area contributed by atoms with Gasteiger partial charge in [-0.25, -0.2) is 4.79 Å². The number of rotatable bonds is 2. The zero-order chi connectivity index (χ0) is 11.4. The van der Waals surface area contributed by atoms with Crippen LogP contribution in [0.1, 0.15) is 26.3 Å². The first-order chi connectivity index (χ1) is 7.13. The van der Waals surface area contributed by atoms with Crippen molar-refractivity contribution in [3.05, 3.63) is 33.8 Å². The van der Waals surface area contributed by atoms with Crippen molar-refractivity contribution >= 4 is 23.9 Å². The Morgan fingerprint density at radius 1 is 1.60 bits per heavy atom. The van der Waals surface area contributed by atoms with Crippen LogP contribution in [0.25, 0.3) is 0 Å². The molecule has 0 saturated carbocycles. The number of carbonyl (C=O) groups excluding carboxylic acids is 2. The molecule has 0 unspecified atom stereocenters. The van der Waals surface area contributed by atoms with Gasteiger partial charge in [0.2, 0.25) is 0 Å². The molecule has 0 aliphatic heterocycles. The summed E-state index contributed by atoms with van der Waals surface area (Å²) in [7, 11) is 1.19. The zero-order valence-electron chi connectivity index (χ0n) is 7.78. The van der Waals surface area contributed by atoms with Crippen LogP contribution in [0.4, 0.5) is 0 Å². The molecule has 0 radical (unpaired) electrons. The third kappa shape index (κ3) is 2.14. The van der Waals surface area contributed by atoms with Gasteiger partial charge in [-0.15, -0.1) is 0 Å². The summed E-state index contributed by atoms with van der Waals surface area (Å²) >= 11 is 5.69. The fraction of sp³-hybridized carbons (Fsp3) is 0.100. The highest BCUT2D eigenvalue weighted by Crippen LogP contribution is 2.20. The summed E-state index contributed by atoms with van der Waals surface area (Å²) in [5.41, 5.74) is 0.264. The topological polar surface area (TPSA) is 67.2 Å². The molecule has 1 rings (SSSR count). The van der Waals surface area contributed by atoms with Crippen LogP contribution in [0, 0.1) is 11.3 Å². The van der Waals surface area contributed by atoms with Crippen LogP contribution in [0.15, 0.2) is 12.1 Å². The van der Waals surface area contributed by atoms with E-state index in [1.54, 1.807) is 6.07 Å². The monoisotopic (exact) mass is 223 g/mol. The van der Waals surface area contributed by atoms with Crippen molar-refractivity contribution in [1.29, 1.82) is 5.26 Å². The summed E-state index contributed by atoms with van der Waals surface area (Å²) in [5.74, 6) is -0.675. The zero-order valence-corrected chi connectivity index (χ0v) is 8.54. The van der Waals surface area contributed by atoms with Crippen LogP contribution < -0.4 is 0 Å². The van der Waals surface area contributed by atoms with E-state index in [0.29, 0.717) is 6.29 Å². The molecule has 0 N–H and O–H groups in total. The molecule has 76 valence electrons. The molecule has 0 aromatic heterocycles. The molecule has 0 aliphatic carbocycles. The Kier molecular flexibility index (Phi) is 3.42. The molecule has 0 fully saturated rings. The molecule has 0 heterocycles. The van der Waals surface area contributed by atoms with E-state index in [-0.39, 0.29) is 21.7 Å². The maximum atomic E-state index is 11.2. The molecule has 4 nitrogen and oxygen atoms in total. The lowest BCUT2D eigenvalue weighted by Crippen LogP contribution is -2.05. The van der Waals surface area contributed by atoms with Gasteiger partial charge in [-0.1, -0.05) is 11.6 Å². The van der Waals surface area contributed by atoms with Crippen LogP contribution in [0.2, 0.25) is 5.02 Å². The molecular weight excluding hydrogens is 218 g/mol. The van der Waals surface area contributed by atoms with Crippen LogP contribution in [0.3, 0.4) is 0 Å². The summed E-state index contributed by atoms with van der Waals surface area (Å²) in [5, 5.41) is 8.88. The second kappa shape index (κ2) is 4.58. The van der Waals surface area contributed by atoms with E-state index in [2.05, 4.69) is 4.74 Å². The number of hydrogen-bond acceptors (Lipinski definition) is 4. The second-order valence-corrected chi connectivity index (χ2v) is 3.05. The molecule has 0 atom stereocenters. The van der Waals surface area contributed by atoms with Gasteiger partial charge in [-0.2, -0.15) is 5.26 Å². The van der Waals surface area contributed by atoms with Gasteiger partial charge in [0, 0.05) is 5.56 Å². The lowest BCUT2D eigenvalue weighted by molar-refractivity contribution is 0.0600. The minimum absolute atomic E-state index is 0.0338. The van der Waals surface area contributed by atoms with Crippen molar-refractivity contribution in [3.8, 4) is 6.07 Å². The summed E-state index contributed by atoms with van der Waals surface area (Å²) in [6, 6.07) is 4.30. The Bertz CT molecular complexity index is 462. The molecule has 1 aromatic carbocycles. The molecular formula is C10H6ClNO3. The molecule has 0 spiro atoms. The summed E-state index contributed by atoms with van der Waals surface area (Å²) < 4.78 is 4.47. The smallest absolute Gasteiger partial charge is 0.339 e. The van der Waals surface area contributed by atoms with E-state index in [1.807, 2.05) is 0 Å². The average Bonchev–Trinajstić information content (AvgIpc) is 2.27. The number of nitrogens with zero attached hydrogens (tertiary/aromatic N) is 1. The predicted molar refractivity (Wildman–Crippen MR) is 52.9 cm³/mol. The highest BCUT2D eigenvalue weighted by molar-refractivity contribution is 6.33. The van der Waals surface area contributed by atoms with Gasteiger partial charge >= 0.3 is 5.97 Å². The normalized spacial score (nSPS) is 9.13. The summed E-state index contributed by atoms with van der Waals surface area (Å²) in [6.45, 7) is 0. The lowest BCUT2D eigenvalue weighted by Gasteiger charge is -2.03. The van der Waals surface area contributed by atoms with E-state index in [9.17, 15) is 9.59 Å². The minimum Gasteiger partial charge on any atom is -0.465 e.